The molecule has 0 unspecified atom stereocenters. The van der Waals surface area contributed by atoms with Gasteiger partial charge in [0.1, 0.15) is 4.90 Å². The Morgan fingerprint density at radius 2 is 1.95 bits per heavy atom. The molecular formula is C12H12BrClN2O2S. The molecule has 0 aliphatic heterocycles. The molecule has 0 spiro atoms. The molecule has 0 amide bonds. The van der Waals surface area contributed by atoms with Crippen LogP contribution in [-0.2, 0) is 16.6 Å². The van der Waals surface area contributed by atoms with Crippen molar-refractivity contribution < 1.29 is 8.42 Å². The Hall–Kier alpha value is -0.820. The van der Waals surface area contributed by atoms with Gasteiger partial charge in [0.15, 0.2) is 0 Å². The van der Waals surface area contributed by atoms with E-state index in [1.807, 2.05) is 29.1 Å². The summed E-state index contributed by atoms with van der Waals surface area (Å²) in [5, 5.41) is 0.197. The molecule has 2 rings (SSSR count). The molecule has 0 radical (unpaired) electrons. The van der Waals surface area contributed by atoms with Crippen LogP contribution < -0.4 is 4.72 Å². The van der Waals surface area contributed by atoms with Crippen molar-refractivity contribution in [1.82, 2.24) is 9.29 Å². The fourth-order valence-corrected chi connectivity index (χ4v) is 3.66. The van der Waals surface area contributed by atoms with E-state index >= 15 is 0 Å². The molecule has 2 aromatic rings. The lowest BCUT2D eigenvalue weighted by Crippen LogP contribution is -2.27. The maximum Gasteiger partial charge on any atom is 0.242 e. The lowest BCUT2D eigenvalue weighted by atomic mass is 10.4. The zero-order valence-corrected chi connectivity index (χ0v) is 13.0. The van der Waals surface area contributed by atoms with E-state index in [9.17, 15) is 8.42 Å². The summed E-state index contributed by atoms with van der Waals surface area (Å²) >= 11 is 9.18. The van der Waals surface area contributed by atoms with E-state index in [4.69, 9.17) is 11.6 Å². The van der Waals surface area contributed by atoms with Crippen molar-refractivity contribution >= 4 is 37.6 Å². The summed E-state index contributed by atoms with van der Waals surface area (Å²) in [5.41, 5.74) is 0. The van der Waals surface area contributed by atoms with Crippen molar-refractivity contribution in [3.05, 3.63) is 52.2 Å². The van der Waals surface area contributed by atoms with Crippen molar-refractivity contribution in [1.29, 1.82) is 0 Å². The number of rotatable bonds is 5. The highest BCUT2D eigenvalue weighted by Gasteiger charge is 2.17. The van der Waals surface area contributed by atoms with Gasteiger partial charge in [-0.2, -0.15) is 0 Å². The maximum absolute atomic E-state index is 12.1. The topological polar surface area (TPSA) is 51.1 Å². The maximum atomic E-state index is 12.1. The first-order valence-corrected chi connectivity index (χ1v) is 8.20. The minimum atomic E-state index is -3.58. The molecule has 1 heterocycles. The smallest absolute Gasteiger partial charge is 0.242 e. The number of nitrogens with zero attached hydrogens (tertiary/aromatic N) is 1. The Balaban J connectivity index is 2.05. The Morgan fingerprint density at radius 1 is 1.26 bits per heavy atom. The number of nitrogens with one attached hydrogen (secondary N) is 1. The highest BCUT2D eigenvalue weighted by atomic mass is 79.9. The number of aromatic nitrogens is 1. The first-order valence-electron chi connectivity index (χ1n) is 5.54. The third-order valence-corrected chi connectivity index (χ3v) is 4.95. The van der Waals surface area contributed by atoms with Gasteiger partial charge >= 0.3 is 0 Å². The quantitative estimate of drug-likeness (QED) is 0.888. The highest BCUT2D eigenvalue weighted by molar-refractivity contribution is 9.10. The molecular weight excluding hydrogens is 352 g/mol. The third-order valence-electron chi connectivity index (χ3n) is 2.51. The van der Waals surface area contributed by atoms with Crippen molar-refractivity contribution in [2.45, 2.75) is 11.4 Å². The molecule has 1 aromatic heterocycles. The lowest BCUT2D eigenvalue weighted by molar-refractivity contribution is 0.573. The molecule has 1 N–H and O–H groups in total. The van der Waals surface area contributed by atoms with Gasteiger partial charge < -0.3 is 4.57 Å². The summed E-state index contributed by atoms with van der Waals surface area (Å²) in [6.45, 7) is 0.879. The first kappa shape index (κ1) is 14.6. The summed E-state index contributed by atoms with van der Waals surface area (Å²) < 4.78 is 29.3. The fraction of sp³-hybridized carbons (Fsp3) is 0.167. The summed E-state index contributed by atoms with van der Waals surface area (Å²) in [5.74, 6) is 0. The van der Waals surface area contributed by atoms with Crippen molar-refractivity contribution in [3.63, 3.8) is 0 Å². The number of sulfonamides is 1. The zero-order chi connectivity index (χ0) is 13.9. The molecule has 0 aliphatic carbocycles. The normalized spacial score (nSPS) is 11.7. The molecule has 0 aliphatic rings. The summed E-state index contributed by atoms with van der Waals surface area (Å²) in [7, 11) is -3.58. The third kappa shape index (κ3) is 3.82. The Bertz CT molecular complexity index is 656. The number of benzene rings is 1. The largest absolute Gasteiger partial charge is 0.353 e. The van der Waals surface area contributed by atoms with E-state index in [2.05, 4.69) is 20.7 Å². The van der Waals surface area contributed by atoms with E-state index in [0.29, 0.717) is 13.1 Å². The van der Waals surface area contributed by atoms with E-state index in [-0.39, 0.29) is 9.92 Å². The van der Waals surface area contributed by atoms with Crippen molar-refractivity contribution in [2.75, 3.05) is 6.54 Å². The van der Waals surface area contributed by atoms with Gasteiger partial charge in [0, 0.05) is 30.0 Å². The Labute approximate surface area is 125 Å². The van der Waals surface area contributed by atoms with Crippen LogP contribution in [0.25, 0.3) is 0 Å². The van der Waals surface area contributed by atoms with Crippen molar-refractivity contribution in [2.24, 2.45) is 0 Å². The molecule has 1 aromatic carbocycles. The second kappa shape index (κ2) is 6.09. The predicted octanol–water partition coefficient (Wildman–Crippen LogP) is 2.88. The van der Waals surface area contributed by atoms with Crippen LogP contribution in [0.3, 0.4) is 0 Å². The van der Waals surface area contributed by atoms with Crippen LogP contribution in [0.4, 0.5) is 0 Å². The van der Waals surface area contributed by atoms with Crippen LogP contribution in [0.15, 0.2) is 52.1 Å². The number of hydrogen-bond acceptors (Lipinski definition) is 2. The van der Waals surface area contributed by atoms with Gasteiger partial charge in [-0.1, -0.05) is 27.5 Å². The molecule has 0 saturated heterocycles. The average molecular weight is 364 g/mol. The van der Waals surface area contributed by atoms with E-state index in [1.165, 1.54) is 6.07 Å². The van der Waals surface area contributed by atoms with Gasteiger partial charge in [0.05, 0.1) is 5.02 Å². The summed E-state index contributed by atoms with van der Waals surface area (Å²) in [6.07, 6.45) is 3.75. The molecule has 7 heteroatoms. The predicted molar refractivity (Wildman–Crippen MR) is 78.8 cm³/mol. The summed E-state index contributed by atoms with van der Waals surface area (Å²) in [4.78, 5) is 0.0878. The van der Waals surface area contributed by atoms with E-state index in [0.717, 1.165) is 4.47 Å². The number of hydrogen-bond donors (Lipinski definition) is 1. The van der Waals surface area contributed by atoms with Gasteiger partial charge in [-0.05, 0) is 30.3 Å². The van der Waals surface area contributed by atoms with Crippen LogP contribution in [0, 0.1) is 0 Å². The second-order valence-electron chi connectivity index (χ2n) is 3.89. The SMILES string of the molecule is O=S(=O)(NCCn1cccc1)c1ccc(Br)cc1Cl. The fourth-order valence-electron chi connectivity index (χ4n) is 1.60. The molecule has 19 heavy (non-hydrogen) atoms. The zero-order valence-electron chi connectivity index (χ0n) is 9.88. The molecule has 0 bridgehead atoms. The summed E-state index contributed by atoms with van der Waals surface area (Å²) in [6, 6.07) is 8.46. The van der Waals surface area contributed by atoms with Gasteiger partial charge in [0.25, 0.3) is 0 Å². The minimum absolute atomic E-state index is 0.0878. The highest BCUT2D eigenvalue weighted by Crippen LogP contribution is 2.24. The van der Waals surface area contributed by atoms with Gasteiger partial charge in [0.2, 0.25) is 10.0 Å². The lowest BCUT2D eigenvalue weighted by Gasteiger charge is -2.09. The van der Waals surface area contributed by atoms with Crippen LogP contribution in [0.1, 0.15) is 0 Å². The van der Waals surface area contributed by atoms with Crippen LogP contribution in [0.5, 0.6) is 0 Å². The van der Waals surface area contributed by atoms with Gasteiger partial charge in [-0.25, -0.2) is 13.1 Å². The van der Waals surface area contributed by atoms with Gasteiger partial charge in [-0.3, -0.25) is 0 Å². The monoisotopic (exact) mass is 362 g/mol. The average Bonchev–Trinajstić information content (AvgIpc) is 2.81. The Kier molecular flexibility index (Phi) is 4.67. The molecule has 4 nitrogen and oxygen atoms in total. The standard InChI is InChI=1S/C12H12BrClN2O2S/c13-10-3-4-12(11(14)9-10)19(17,18)15-5-8-16-6-1-2-7-16/h1-4,6-7,9,15H,5,8H2. The molecule has 102 valence electrons. The molecule has 0 atom stereocenters. The second-order valence-corrected chi connectivity index (χ2v) is 6.95. The van der Waals surface area contributed by atoms with Gasteiger partial charge in [-0.15, -0.1) is 0 Å². The van der Waals surface area contributed by atoms with E-state index < -0.39 is 10.0 Å². The van der Waals surface area contributed by atoms with Crippen LogP contribution >= 0.6 is 27.5 Å². The minimum Gasteiger partial charge on any atom is -0.353 e. The van der Waals surface area contributed by atoms with E-state index in [1.54, 1.807) is 12.1 Å². The number of halogens is 2. The Morgan fingerprint density at radius 3 is 2.58 bits per heavy atom. The molecule has 0 saturated carbocycles. The first-order chi connectivity index (χ1) is 8.99. The van der Waals surface area contributed by atoms with Crippen molar-refractivity contribution in [3.8, 4) is 0 Å². The molecule has 0 fully saturated rings. The van der Waals surface area contributed by atoms with Crippen LogP contribution in [-0.4, -0.2) is 19.5 Å². The van der Waals surface area contributed by atoms with Crippen LogP contribution in [0.2, 0.25) is 5.02 Å².